The highest BCUT2D eigenvalue weighted by Gasteiger charge is 2.20. The zero-order valence-electron chi connectivity index (χ0n) is 15.0. The molecule has 0 saturated carbocycles. The summed E-state index contributed by atoms with van der Waals surface area (Å²) in [6.07, 6.45) is 1.44. The summed E-state index contributed by atoms with van der Waals surface area (Å²) in [5.41, 5.74) is 2.20. The first-order valence-corrected chi connectivity index (χ1v) is 8.51. The number of nitrogens with zero attached hydrogens (tertiary/aromatic N) is 3. The number of morpholine rings is 1. The molecule has 0 unspecified atom stereocenters. The SMILES string of the molecule is CC(C)(C)c1ccccc1NC(=O)c1cc(N2CCOCC2)ncn1. The van der Waals surface area contributed by atoms with Crippen LogP contribution in [0.25, 0.3) is 0 Å². The summed E-state index contributed by atoms with van der Waals surface area (Å²) in [5.74, 6) is 0.529. The van der Waals surface area contributed by atoms with E-state index in [9.17, 15) is 4.79 Å². The van der Waals surface area contributed by atoms with Crippen LogP contribution in [0.5, 0.6) is 0 Å². The Morgan fingerprint density at radius 1 is 1.16 bits per heavy atom. The third-order valence-corrected chi connectivity index (χ3v) is 4.20. The summed E-state index contributed by atoms with van der Waals surface area (Å²) in [5, 5.41) is 2.99. The second-order valence-corrected chi connectivity index (χ2v) is 7.11. The van der Waals surface area contributed by atoms with Gasteiger partial charge in [0.1, 0.15) is 17.8 Å². The summed E-state index contributed by atoms with van der Waals surface area (Å²) >= 11 is 0. The quantitative estimate of drug-likeness (QED) is 0.930. The highest BCUT2D eigenvalue weighted by molar-refractivity contribution is 6.03. The number of hydrogen-bond donors (Lipinski definition) is 1. The van der Waals surface area contributed by atoms with Crippen molar-refractivity contribution < 1.29 is 9.53 Å². The molecule has 0 atom stereocenters. The van der Waals surface area contributed by atoms with Crippen LogP contribution in [-0.2, 0) is 10.2 Å². The summed E-state index contributed by atoms with van der Waals surface area (Å²) in [4.78, 5) is 23.2. The minimum Gasteiger partial charge on any atom is -0.378 e. The average Bonchev–Trinajstić information content (AvgIpc) is 2.62. The lowest BCUT2D eigenvalue weighted by Crippen LogP contribution is -2.37. The van der Waals surface area contributed by atoms with Crippen LogP contribution in [0, 0.1) is 0 Å². The maximum Gasteiger partial charge on any atom is 0.274 e. The van der Waals surface area contributed by atoms with Gasteiger partial charge in [-0.05, 0) is 17.0 Å². The smallest absolute Gasteiger partial charge is 0.274 e. The summed E-state index contributed by atoms with van der Waals surface area (Å²) < 4.78 is 5.36. The molecule has 2 aromatic rings. The number of amides is 1. The molecule has 0 radical (unpaired) electrons. The van der Waals surface area contributed by atoms with Crippen molar-refractivity contribution in [3.63, 3.8) is 0 Å². The number of para-hydroxylation sites is 1. The van der Waals surface area contributed by atoms with Gasteiger partial charge in [0.05, 0.1) is 13.2 Å². The summed E-state index contributed by atoms with van der Waals surface area (Å²) in [7, 11) is 0. The van der Waals surface area contributed by atoms with Gasteiger partial charge in [0.2, 0.25) is 0 Å². The number of hydrogen-bond acceptors (Lipinski definition) is 5. The highest BCUT2D eigenvalue weighted by Crippen LogP contribution is 2.29. The van der Waals surface area contributed by atoms with E-state index in [0.717, 1.165) is 30.2 Å². The van der Waals surface area contributed by atoms with Crippen molar-refractivity contribution >= 4 is 17.4 Å². The van der Waals surface area contributed by atoms with Crippen molar-refractivity contribution in [1.29, 1.82) is 0 Å². The molecule has 3 rings (SSSR count). The van der Waals surface area contributed by atoms with Crippen LogP contribution in [0.3, 0.4) is 0 Å². The molecule has 1 aliphatic heterocycles. The third kappa shape index (κ3) is 4.14. The van der Waals surface area contributed by atoms with E-state index < -0.39 is 0 Å². The number of rotatable bonds is 3. The molecule has 25 heavy (non-hydrogen) atoms. The lowest BCUT2D eigenvalue weighted by molar-refractivity contribution is 0.102. The maximum atomic E-state index is 12.7. The first-order valence-electron chi connectivity index (χ1n) is 8.51. The Morgan fingerprint density at radius 3 is 2.60 bits per heavy atom. The Labute approximate surface area is 148 Å². The Kier molecular flexibility index (Phi) is 4.99. The van der Waals surface area contributed by atoms with E-state index in [4.69, 9.17) is 4.74 Å². The predicted molar refractivity (Wildman–Crippen MR) is 98.2 cm³/mol. The van der Waals surface area contributed by atoms with Crippen molar-refractivity contribution in [2.45, 2.75) is 26.2 Å². The fourth-order valence-electron chi connectivity index (χ4n) is 2.87. The van der Waals surface area contributed by atoms with Crippen molar-refractivity contribution in [1.82, 2.24) is 9.97 Å². The number of anilines is 2. The minimum atomic E-state index is -0.228. The van der Waals surface area contributed by atoms with Gasteiger partial charge in [0, 0.05) is 24.8 Å². The van der Waals surface area contributed by atoms with Gasteiger partial charge in [-0.2, -0.15) is 0 Å². The molecule has 1 aromatic heterocycles. The van der Waals surface area contributed by atoms with E-state index in [1.54, 1.807) is 6.07 Å². The fourth-order valence-corrected chi connectivity index (χ4v) is 2.87. The normalized spacial score (nSPS) is 15.1. The summed E-state index contributed by atoms with van der Waals surface area (Å²) in [6, 6.07) is 9.60. The highest BCUT2D eigenvalue weighted by atomic mass is 16.5. The van der Waals surface area contributed by atoms with Crippen molar-refractivity contribution in [2.24, 2.45) is 0 Å². The molecule has 2 heterocycles. The Balaban J connectivity index is 1.80. The summed E-state index contributed by atoms with van der Waals surface area (Å²) in [6.45, 7) is 9.25. The average molecular weight is 340 g/mol. The monoisotopic (exact) mass is 340 g/mol. The second-order valence-electron chi connectivity index (χ2n) is 7.11. The van der Waals surface area contributed by atoms with E-state index in [-0.39, 0.29) is 11.3 Å². The topological polar surface area (TPSA) is 67.4 Å². The van der Waals surface area contributed by atoms with Crippen LogP contribution in [-0.4, -0.2) is 42.2 Å². The van der Waals surface area contributed by atoms with Gasteiger partial charge in [-0.25, -0.2) is 9.97 Å². The van der Waals surface area contributed by atoms with E-state index in [0.29, 0.717) is 18.9 Å². The molecule has 1 amide bonds. The number of ether oxygens (including phenoxy) is 1. The predicted octanol–water partition coefficient (Wildman–Crippen LogP) is 2.86. The van der Waals surface area contributed by atoms with Gasteiger partial charge in [-0.15, -0.1) is 0 Å². The van der Waals surface area contributed by atoms with E-state index in [1.165, 1.54) is 6.33 Å². The van der Waals surface area contributed by atoms with Gasteiger partial charge in [0.15, 0.2) is 0 Å². The Hall–Kier alpha value is -2.47. The Morgan fingerprint density at radius 2 is 1.88 bits per heavy atom. The molecule has 0 aliphatic carbocycles. The maximum absolute atomic E-state index is 12.7. The number of carbonyl (C=O) groups excluding carboxylic acids is 1. The molecule has 1 fully saturated rings. The fraction of sp³-hybridized carbons (Fsp3) is 0.421. The lowest BCUT2D eigenvalue weighted by Gasteiger charge is -2.27. The Bertz CT molecular complexity index is 749. The first kappa shape index (κ1) is 17.4. The van der Waals surface area contributed by atoms with Gasteiger partial charge in [-0.3, -0.25) is 4.79 Å². The van der Waals surface area contributed by atoms with Crippen molar-refractivity contribution in [3.05, 3.63) is 47.9 Å². The first-order chi connectivity index (χ1) is 11.9. The van der Waals surface area contributed by atoms with Gasteiger partial charge < -0.3 is 15.0 Å². The largest absolute Gasteiger partial charge is 0.378 e. The zero-order chi connectivity index (χ0) is 17.9. The zero-order valence-corrected chi connectivity index (χ0v) is 15.0. The standard InChI is InChI=1S/C19H24N4O2/c1-19(2,3)14-6-4-5-7-15(14)22-18(24)16-12-17(21-13-20-16)23-8-10-25-11-9-23/h4-7,12-13H,8-11H2,1-3H3,(H,22,24). The van der Waals surface area contributed by atoms with Crippen molar-refractivity contribution in [2.75, 3.05) is 36.5 Å². The van der Waals surface area contributed by atoms with Crippen LogP contribution in [0.15, 0.2) is 36.7 Å². The molecule has 0 bridgehead atoms. The van der Waals surface area contributed by atoms with Gasteiger partial charge >= 0.3 is 0 Å². The number of benzene rings is 1. The molecule has 0 spiro atoms. The van der Waals surface area contributed by atoms with Crippen LogP contribution < -0.4 is 10.2 Å². The van der Waals surface area contributed by atoms with Gasteiger partial charge in [-0.1, -0.05) is 39.0 Å². The molecule has 132 valence electrons. The number of carbonyl (C=O) groups is 1. The number of nitrogens with one attached hydrogen (secondary N) is 1. The van der Waals surface area contributed by atoms with Crippen LogP contribution in [0.2, 0.25) is 0 Å². The van der Waals surface area contributed by atoms with Crippen LogP contribution in [0.1, 0.15) is 36.8 Å². The molecule has 1 aliphatic rings. The van der Waals surface area contributed by atoms with E-state index in [1.807, 2.05) is 24.3 Å². The van der Waals surface area contributed by atoms with Crippen molar-refractivity contribution in [3.8, 4) is 0 Å². The van der Waals surface area contributed by atoms with E-state index >= 15 is 0 Å². The molecule has 6 heteroatoms. The number of aromatic nitrogens is 2. The second kappa shape index (κ2) is 7.19. The molecule has 1 aromatic carbocycles. The molecule has 1 saturated heterocycles. The van der Waals surface area contributed by atoms with Crippen LogP contribution >= 0.6 is 0 Å². The van der Waals surface area contributed by atoms with Gasteiger partial charge in [0.25, 0.3) is 5.91 Å². The molecule has 1 N–H and O–H groups in total. The van der Waals surface area contributed by atoms with Crippen LogP contribution in [0.4, 0.5) is 11.5 Å². The third-order valence-electron chi connectivity index (χ3n) is 4.20. The minimum absolute atomic E-state index is 0.0610. The van der Waals surface area contributed by atoms with E-state index in [2.05, 4.69) is 41.0 Å². The lowest BCUT2D eigenvalue weighted by atomic mass is 9.86. The molecular weight excluding hydrogens is 316 g/mol. The molecular formula is C19H24N4O2. The molecule has 6 nitrogen and oxygen atoms in total.